The van der Waals surface area contributed by atoms with Crippen molar-refractivity contribution in [3.63, 3.8) is 0 Å². The Kier molecular flexibility index (Phi) is 5.08. The molecule has 3 heterocycles. The fourth-order valence-electron chi connectivity index (χ4n) is 3.78. The standard InChI is InChI=1S/C21H21F2N5O/c1-13-26-12-18(27(13)2)20-19(24-5-6-25-20)14-3-7-28(8-4-14)21(29)15-9-16(22)11-17(23)10-15/h5-6,9-12,14H,3-4,7-8H2,1-2H3. The molecular weight excluding hydrogens is 376 g/mol. The van der Waals surface area contributed by atoms with Crippen LogP contribution in [0.1, 0.15) is 40.6 Å². The van der Waals surface area contributed by atoms with Crippen molar-refractivity contribution >= 4 is 5.91 Å². The number of rotatable bonds is 3. The van der Waals surface area contributed by atoms with Crippen molar-refractivity contribution in [3.8, 4) is 11.4 Å². The van der Waals surface area contributed by atoms with Crippen LogP contribution in [-0.2, 0) is 7.05 Å². The molecule has 3 aromatic rings. The van der Waals surface area contributed by atoms with Crippen LogP contribution in [-0.4, -0.2) is 43.4 Å². The van der Waals surface area contributed by atoms with Gasteiger partial charge in [0.25, 0.3) is 5.91 Å². The summed E-state index contributed by atoms with van der Waals surface area (Å²) in [4.78, 5) is 27.7. The number of hydrogen-bond donors (Lipinski definition) is 0. The van der Waals surface area contributed by atoms with Crippen molar-refractivity contribution in [3.05, 3.63) is 65.5 Å². The van der Waals surface area contributed by atoms with Gasteiger partial charge in [-0.05, 0) is 31.9 Å². The first-order valence-corrected chi connectivity index (χ1v) is 9.49. The molecule has 1 amide bonds. The Morgan fingerprint density at radius 1 is 1.03 bits per heavy atom. The zero-order chi connectivity index (χ0) is 20.5. The molecule has 1 aliphatic rings. The molecule has 0 unspecified atom stereocenters. The number of aryl methyl sites for hydroxylation is 1. The zero-order valence-electron chi connectivity index (χ0n) is 16.3. The SMILES string of the molecule is Cc1ncc(-c2nccnc2C2CCN(C(=O)c3cc(F)cc(F)c3)CC2)n1C. The van der Waals surface area contributed by atoms with Crippen molar-refractivity contribution in [1.29, 1.82) is 0 Å². The molecule has 0 bridgehead atoms. The summed E-state index contributed by atoms with van der Waals surface area (Å²) in [6.45, 7) is 2.91. The van der Waals surface area contributed by atoms with Gasteiger partial charge in [-0.2, -0.15) is 0 Å². The summed E-state index contributed by atoms with van der Waals surface area (Å²) < 4.78 is 28.9. The number of aromatic nitrogens is 4. The fraction of sp³-hybridized carbons (Fsp3) is 0.333. The maximum Gasteiger partial charge on any atom is 0.254 e. The minimum Gasteiger partial charge on any atom is -0.339 e. The van der Waals surface area contributed by atoms with Crippen molar-refractivity contribution < 1.29 is 13.6 Å². The lowest BCUT2D eigenvalue weighted by molar-refractivity contribution is 0.0711. The maximum absolute atomic E-state index is 13.4. The summed E-state index contributed by atoms with van der Waals surface area (Å²) in [5.41, 5.74) is 2.62. The van der Waals surface area contributed by atoms with Gasteiger partial charge in [-0.15, -0.1) is 0 Å². The number of halogens is 2. The second-order valence-corrected chi connectivity index (χ2v) is 7.26. The Morgan fingerprint density at radius 2 is 1.69 bits per heavy atom. The Morgan fingerprint density at radius 3 is 2.31 bits per heavy atom. The first-order valence-electron chi connectivity index (χ1n) is 9.49. The molecule has 29 heavy (non-hydrogen) atoms. The van der Waals surface area contributed by atoms with Crippen LogP contribution in [0.4, 0.5) is 8.78 Å². The average molecular weight is 397 g/mol. The molecule has 4 rings (SSSR count). The zero-order valence-corrected chi connectivity index (χ0v) is 16.3. The van der Waals surface area contributed by atoms with Gasteiger partial charge < -0.3 is 9.47 Å². The average Bonchev–Trinajstić information content (AvgIpc) is 3.05. The van der Waals surface area contributed by atoms with E-state index >= 15 is 0 Å². The number of carbonyl (C=O) groups is 1. The van der Waals surface area contributed by atoms with Crippen LogP contribution < -0.4 is 0 Å². The predicted molar refractivity (Wildman–Crippen MR) is 103 cm³/mol. The number of benzene rings is 1. The van der Waals surface area contributed by atoms with E-state index in [1.54, 1.807) is 23.5 Å². The topological polar surface area (TPSA) is 63.9 Å². The molecule has 1 fully saturated rings. The highest BCUT2D eigenvalue weighted by atomic mass is 19.1. The van der Waals surface area contributed by atoms with Crippen LogP contribution >= 0.6 is 0 Å². The molecule has 0 N–H and O–H groups in total. The number of hydrogen-bond acceptors (Lipinski definition) is 4. The summed E-state index contributed by atoms with van der Waals surface area (Å²) in [6, 6.07) is 2.91. The molecule has 8 heteroatoms. The van der Waals surface area contributed by atoms with E-state index in [2.05, 4.69) is 15.0 Å². The molecule has 1 saturated heterocycles. The van der Waals surface area contributed by atoms with Gasteiger partial charge in [0, 0.05) is 50.1 Å². The van der Waals surface area contributed by atoms with Crippen LogP contribution in [0.15, 0.2) is 36.8 Å². The van der Waals surface area contributed by atoms with Gasteiger partial charge in [-0.1, -0.05) is 0 Å². The highest BCUT2D eigenvalue weighted by molar-refractivity contribution is 5.94. The van der Waals surface area contributed by atoms with E-state index in [1.807, 2.05) is 18.5 Å². The molecule has 0 aliphatic carbocycles. The fourth-order valence-corrected chi connectivity index (χ4v) is 3.78. The lowest BCUT2D eigenvalue weighted by atomic mass is 9.91. The molecular formula is C21H21F2N5O. The van der Waals surface area contributed by atoms with Crippen LogP contribution in [0.3, 0.4) is 0 Å². The van der Waals surface area contributed by atoms with Crippen molar-refractivity contribution in [2.24, 2.45) is 7.05 Å². The van der Waals surface area contributed by atoms with E-state index in [0.717, 1.165) is 41.1 Å². The molecule has 0 saturated carbocycles. The Labute approximate surface area is 167 Å². The van der Waals surface area contributed by atoms with Gasteiger partial charge in [-0.25, -0.2) is 13.8 Å². The van der Waals surface area contributed by atoms with Gasteiger partial charge in [-0.3, -0.25) is 14.8 Å². The van der Waals surface area contributed by atoms with E-state index in [0.29, 0.717) is 25.9 Å². The minimum absolute atomic E-state index is 0.0338. The summed E-state index contributed by atoms with van der Waals surface area (Å²) >= 11 is 0. The summed E-state index contributed by atoms with van der Waals surface area (Å²) in [6.07, 6.45) is 6.53. The number of nitrogens with zero attached hydrogens (tertiary/aromatic N) is 5. The summed E-state index contributed by atoms with van der Waals surface area (Å²) in [5, 5.41) is 0. The van der Waals surface area contributed by atoms with Crippen LogP contribution in [0.25, 0.3) is 11.4 Å². The summed E-state index contributed by atoms with van der Waals surface area (Å²) in [5.74, 6) is -0.831. The molecule has 0 spiro atoms. The van der Waals surface area contributed by atoms with Crippen LogP contribution in [0, 0.1) is 18.6 Å². The summed E-state index contributed by atoms with van der Waals surface area (Å²) in [7, 11) is 1.94. The molecule has 0 radical (unpaired) electrons. The van der Waals surface area contributed by atoms with Gasteiger partial charge in [0.15, 0.2) is 0 Å². The second kappa shape index (κ2) is 7.69. The molecule has 1 aromatic carbocycles. The number of likely N-dealkylation sites (tertiary alicyclic amines) is 1. The van der Waals surface area contributed by atoms with Gasteiger partial charge >= 0.3 is 0 Å². The highest BCUT2D eigenvalue weighted by Gasteiger charge is 2.28. The Balaban J connectivity index is 1.52. The molecule has 0 atom stereocenters. The lowest BCUT2D eigenvalue weighted by Gasteiger charge is -2.32. The van der Waals surface area contributed by atoms with Crippen LogP contribution in [0.2, 0.25) is 0 Å². The van der Waals surface area contributed by atoms with E-state index in [1.165, 1.54) is 0 Å². The third-order valence-corrected chi connectivity index (χ3v) is 5.47. The van der Waals surface area contributed by atoms with Crippen molar-refractivity contribution in [2.75, 3.05) is 13.1 Å². The van der Waals surface area contributed by atoms with E-state index in [-0.39, 0.29) is 17.4 Å². The smallest absolute Gasteiger partial charge is 0.254 e. The van der Waals surface area contributed by atoms with E-state index in [9.17, 15) is 13.6 Å². The second-order valence-electron chi connectivity index (χ2n) is 7.26. The van der Waals surface area contributed by atoms with Crippen molar-refractivity contribution in [2.45, 2.75) is 25.7 Å². The maximum atomic E-state index is 13.4. The van der Waals surface area contributed by atoms with E-state index < -0.39 is 11.6 Å². The molecule has 1 aliphatic heterocycles. The van der Waals surface area contributed by atoms with Crippen molar-refractivity contribution in [1.82, 2.24) is 24.4 Å². The molecule has 2 aromatic heterocycles. The first kappa shape index (κ1) is 19.2. The predicted octanol–water partition coefficient (Wildman–Crippen LogP) is 3.48. The first-order chi connectivity index (χ1) is 13.9. The largest absolute Gasteiger partial charge is 0.339 e. The number of imidazole rings is 1. The number of carbonyl (C=O) groups excluding carboxylic acids is 1. The third-order valence-electron chi connectivity index (χ3n) is 5.47. The minimum atomic E-state index is -0.751. The molecule has 6 nitrogen and oxygen atoms in total. The third kappa shape index (κ3) is 3.74. The van der Waals surface area contributed by atoms with Gasteiger partial charge in [0.1, 0.15) is 23.2 Å². The Bertz CT molecular complexity index is 1040. The van der Waals surface area contributed by atoms with E-state index in [4.69, 9.17) is 0 Å². The highest BCUT2D eigenvalue weighted by Crippen LogP contribution is 2.33. The lowest BCUT2D eigenvalue weighted by Crippen LogP contribution is -2.38. The van der Waals surface area contributed by atoms with Gasteiger partial charge in [0.05, 0.1) is 17.6 Å². The van der Waals surface area contributed by atoms with Crippen LogP contribution in [0.5, 0.6) is 0 Å². The van der Waals surface area contributed by atoms with Gasteiger partial charge in [0.2, 0.25) is 0 Å². The monoisotopic (exact) mass is 397 g/mol. The number of amides is 1. The normalized spacial score (nSPS) is 15.0. The molecule has 150 valence electrons. The Hall–Kier alpha value is -3.16. The number of piperidine rings is 1. The quantitative estimate of drug-likeness (QED) is 0.679.